The number of hydrogen-bond donors (Lipinski definition) is 0. The molecule has 1 aromatic rings. The summed E-state index contributed by atoms with van der Waals surface area (Å²) in [6, 6.07) is 5.78. The molecular weight excluding hydrogens is 258 g/mol. The van der Waals surface area contributed by atoms with E-state index in [0.717, 1.165) is 18.8 Å². The number of carbonyl (C=O) groups excluding carboxylic acids is 1. The van der Waals surface area contributed by atoms with Crippen LogP contribution in [-0.2, 0) is 0 Å². The first-order chi connectivity index (χ1) is 8.95. The molecule has 1 heterocycles. The third kappa shape index (κ3) is 3.11. The van der Waals surface area contributed by atoms with Crippen LogP contribution in [0.15, 0.2) is 18.2 Å². The Kier molecular flexibility index (Phi) is 4.19. The van der Waals surface area contributed by atoms with Gasteiger partial charge in [0.05, 0.1) is 5.02 Å². The van der Waals surface area contributed by atoms with Crippen molar-refractivity contribution in [3.05, 3.63) is 28.8 Å². The summed E-state index contributed by atoms with van der Waals surface area (Å²) in [5.74, 6) is 0.0220. The van der Waals surface area contributed by atoms with Crippen molar-refractivity contribution in [1.82, 2.24) is 0 Å². The standard InChI is InChI=1S/C16H22ClNO/c1-4-16(3)7-9-18(10-8-16)13-5-6-14(12(2)19)15(17)11-13/h5-6,11H,4,7-10H2,1-3H3. The Labute approximate surface area is 120 Å². The third-order valence-corrected chi connectivity index (χ3v) is 4.83. The van der Waals surface area contributed by atoms with E-state index in [4.69, 9.17) is 11.6 Å². The summed E-state index contributed by atoms with van der Waals surface area (Å²) in [4.78, 5) is 13.7. The SMILES string of the molecule is CCC1(C)CCN(c2ccc(C(C)=O)c(Cl)c2)CC1. The average molecular weight is 280 g/mol. The number of Topliss-reactive ketones (excluding diaryl/α,β-unsaturated/α-hetero) is 1. The minimum atomic E-state index is 0.0220. The lowest BCUT2D eigenvalue weighted by Crippen LogP contribution is -2.38. The van der Waals surface area contributed by atoms with Gasteiger partial charge >= 0.3 is 0 Å². The molecule has 0 radical (unpaired) electrons. The van der Waals surface area contributed by atoms with E-state index in [2.05, 4.69) is 18.7 Å². The summed E-state index contributed by atoms with van der Waals surface area (Å²) in [7, 11) is 0. The van der Waals surface area contributed by atoms with Crippen molar-refractivity contribution in [1.29, 1.82) is 0 Å². The Morgan fingerprint density at radius 3 is 2.47 bits per heavy atom. The molecule has 0 aromatic heterocycles. The maximum absolute atomic E-state index is 11.4. The van der Waals surface area contributed by atoms with Crippen molar-refractivity contribution >= 4 is 23.1 Å². The predicted molar refractivity (Wildman–Crippen MR) is 81.3 cm³/mol. The summed E-state index contributed by atoms with van der Waals surface area (Å²) in [6.45, 7) is 8.33. The molecule has 0 atom stereocenters. The van der Waals surface area contributed by atoms with E-state index >= 15 is 0 Å². The van der Waals surface area contributed by atoms with E-state index in [1.165, 1.54) is 19.3 Å². The largest absolute Gasteiger partial charge is 0.371 e. The molecule has 1 aromatic carbocycles. The van der Waals surface area contributed by atoms with E-state index in [1.54, 1.807) is 6.92 Å². The minimum Gasteiger partial charge on any atom is -0.371 e. The Morgan fingerprint density at radius 1 is 1.37 bits per heavy atom. The fourth-order valence-corrected chi connectivity index (χ4v) is 2.95. The normalized spacial score (nSPS) is 18.4. The van der Waals surface area contributed by atoms with Gasteiger partial charge in [-0.25, -0.2) is 0 Å². The topological polar surface area (TPSA) is 20.3 Å². The Morgan fingerprint density at radius 2 is 2.00 bits per heavy atom. The fraction of sp³-hybridized carbons (Fsp3) is 0.562. The van der Waals surface area contributed by atoms with Crippen LogP contribution in [-0.4, -0.2) is 18.9 Å². The molecule has 2 rings (SSSR count). The van der Waals surface area contributed by atoms with E-state index in [0.29, 0.717) is 16.0 Å². The van der Waals surface area contributed by atoms with Crippen LogP contribution in [0.25, 0.3) is 0 Å². The molecule has 104 valence electrons. The second-order valence-corrected chi connectivity index (χ2v) is 6.28. The van der Waals surface area contributed by atoms with E-state index < -0.39 is 0 Å². The Hall–Kier alpha value is -1.02. The maximum Gasteiger partial charge on any atom is 0.161 e. The van der Waals surface area contributed by atoms with Crippen LogP contribution in [0.5, 0.6) is 0 Å². The van der Waals surface area contributed by atoms with Crippen LogP contribution in [0.3, 0.4) is 0 Å². The van der Waals surface area contributed by atoms with Crippen LogP contribution in [0.4, 0.5) is 5.69 Å². The highest BCUT2D eigenvalue weighted by molar-refractivity contribution is 6.34. The number of rotatable bonds is 3. The third-order valence-electron chi connectivity index (χ3n) is 4.52. The van der Waals surface area contributed by atoms with Crippen molar-refractivity contribution < 1.29 is 4.79 Å². The first-order valence-corrected chi connectivity index (χ1v) is 7.38. The molecule has 0 spiro atoms. The van der Waals surface area contributed by atoms with Gasteiger partial charge in [0.1, 0.15) is 0 Å². The van der Waals surface area contributed by atoms with Gasteiger partial charge in [0.2, 0.25) is 0 Å². The molecule has 0 bridgehead atoms. The highest BCUT2D eigenvalue weighted by Gasteiger charge is 2.28. The summed E-state index contributed by atoms with van der Waals surface area (Å²) in [6.07, 6.45) is 3.68. The molecule has 3 heteroatoms. The monoisotopic (exact) mass is 279 g/mol. The lowest BCUT2D eigenvalue weighted by molar-refractivity contribution is 0.101. The molecule has 1 saturated heterocycles. The van der Waals surface area contributed by atoms with Gasteiger partial charge in [0.25, 0.3) is 0 Å². The summed E-state index contributed by atoms with van der Waals surface area (Å²) < 4.78 is 0. The number of halogens is 1. The molecule has 1 aliphatic rings. The molecule has 0 saturated carbocycles. The van der Waals surface area contributed by atoms with E-state index in [9.17, 15) is 4.79 Å². The van der Waals surface area contributed by atoms with Gasteiger partial charge < -0.3 is 4.90 Å². The number of ketones is 1. The van der Waals surface area contributed by atoms with Gasteiger partial charge in [-0.2, -0.15) is 0 Å². The molecule has 2 nitrogen and oxygen atoms in total. The zero-order valence-corrected chi connectivity index (χ0v) is 12.8. The van der Waals surface area contributed by atoms with Crippen LogP contribution in [0, 0.1) is 5.41 Å². The number of nitrogens with zero attached hydrogens (tertiary/aromatic N) is 1. The molecule has 19 heavy (non-hydrogen) atoms. The zero-order chi connectivity index (χ0) is 14.0. The predicted octanol–water partition coefficient (Wildman–Crippen LogP) is 4.56. The fourth-order valence-electron chi connectivity index (χ4n) is 2.64. The van der Waals surface area contributed by atoms with Crippen LogP contribution in [0.1, 0.15) is 50.4 Å². The van der Waals surface area contributed by atoms with Crippen LogP contribution in [0.2, 0.25) is 5.02 Å². The molecular formula is C16H22ClNO. The van der Waals surface area contributed by atoms with Gasteiger partial charge in [0, 0.05) is 24.3 Å². The number of anilines is 1. The first-order valence-electron chi connectivity index (χ1n) is 7.00. The van der Waals surface area contributed by atoms with Crippen molar-refractivity contribution in [3.8, 4) is 0 Å². The highest BCUT2D eigenvalue weighted by atomic mass is 35.5. The van der Waals surface area contributed by atoms with Gasteiger partial charge in [0.15, 0.2) is 5.78 Å². The summed E-state index contributed by atoms with van der Waals surface area (Å²) in [5.41, 5.74) is 2.23. The molecule has 0 aliphatic carbocycles. The van der Waals surface area contributed by atoms with Gasteiger partial charge in [-0.1, -0.05) is 31.9 Å². The quantitative estimate of drug-likeness (QED) is 0.756. The second kappa shape index (κ2) is 5.54. The van der Waals surface area contributed by atoms with Crippen molar-refractivity contribution in [2.45, 2.75) is 40.0 Å². The summed E-state index contributed by atoms with van der Waals surface area (Å²) >= 11 is 6.18. The van der Waals surface area contributed by atoms with Gasteiger partial charge in [-0.3, -0.25) is 4.79 Å². The smallest absolute Gasteiger partial charge is 0.161 e. The Balaban J connectivity index is 2.12. The number of benzene rings is 1. The number of piperidine rings is 1. The molecule has 0 amide bonds. The molecule has 0 unspecified atom stereocenters. The van der Waals surface area contributed by atoms with E-state index in [1.807, 2.05) is 18.2 Å². The molecule has 0 N–H and O–H groups in total. The number of hydrogen-bond acceptors (Lipinski definition) is 2. The second-order valence-electron chi connectivity index (χ2n) is 5.87. The van der Waals surface area contributed by atoms with Crippen molar-refractivity contribution in [2.24, 2.45) is 5.41 Å². The Bertz CT molecular complexity index is 476. The minimum absolute atomic E-state index is 0.0220. The van der Waals surface area contributed by atoms with E-state index in [-0.39, 0.29) is 5.78 Å². The van der Waals surface area contributed by atoms with Crippen molar-refractivity contribution in [3.63, 3.8) is 0 Å². The maximum atomic E-state index is 11.4. The highest BCUT2D eigenvalue weighted by Crippen LogP contribution is 2.36. The molecule has 1 fully saturated rings. The molecule has 1 aliphatic heterocycles. The number of carbonyl (C=O) groups is 1. The zero-order valence-electron chi connectivity index (χ0n) is 12.0. The average Bonchev–Trinajstić information content (AvgIpc) is 2.39. The lowest BCUT2D eigenvalue weighted by Gasteiger charge is -2.40. The van der Waals surface area contributed by atoms with Gasteiger partial charge in [-0.15, -0.1) is 0 Å². The van der Waals surface area contributed by atoms with Crippen molar-refractivity contribution in [2.75, 3.05) is 18.0 Å². The van der Waals surface area contributed by atoms with Crippen LogP contribution < -0.4 is 4.90 Å². The summed E-state index contributed by atoms with van der Waals surface area (Å²) in [5, 5.41) is 0.564. The van der Waals surface area contributed by atoms with Gasteiger partial charge in [-0.05, 0) is 43.4 Å². The van der Waals surface area contributed by atoms with Crippen LogP contribution >= 0.6 is 11.6 Å². The lowest BCUT2D eigenvalue weighted by atomic mass is 9.78. The first kappa shape index (κ1) is 14.4.